The molecule has 0 saturated carbocycles. The molecule has 0 radical (unpaired) electrons. The van der Waals surface area contributed by atoms with Crippen LogP contribution < -0.4 is 0 Å². The molecule has 1 aromatic rings. The number of hydrogen-bond donors (Lipinski definition) is 0. The highest BCUT2D eigenvalue weighted by Crippen LogP contribution is 2.30. The Kier molecular flexibility index (Phi) is 5.26. The first-order valence-electron chi connectivity index (χ1n) is 8.33. The first-order chi connectivity index (χ1) is 9.49. The maximum Gasteiger partial charge on any atom is 0.0319 e. The summed E-state index contributed by atoms with van der Waals surface area (Å²) >= 11 is 0. The molecule has 0 bridgehead atoms. The summed E-state index contributed by atoms with van der Waals surface area (Å²) in [5.74, 6) is 2.39. The molecule has 0 aromatic heterocycles. The third-order valence-electron chi connectivity index (χ3n) is 5.12. The van der Waals surface area contributed by atoms with Gasteiger partial charge in [-0.05, 0) is 61.7 Å². The SMILES string of the molecule is CC(C)c1cccc([C@@H](C)N2CCC(C(C)C)CC2)c1. The minimum absolute atomic E-state index is 0.557. The Morgan fingerprint density at radius 1 is 0.950 bits per heavy atom. The van der Waals surface area contributed by atoms with E-state index < -0.39 is 0 Å². The minimum atomic E-state index is 0.557. The second-order valence-electron chi connectivity index (χ2n) is 7.12. The van der Waals surface area contributed by atoms with Crippen LogP contribution in [0.1, 0.15) is 70.5 Å². The Bertz CT molecular complexity index is 414. The van der Waals surface area contributed by atoms with Crippen LogP contribution in [0.25, 0.3) is 0 Å². The van der Waals surface area contributed by atoms with Crippen LogP contribution in [0.2, 0.25) is 0 Å². The van der Waals surface area contributed by atoms with E-state index in [4.69, 9.17) is 0 Å². The van der Waals surface area contributed by atoms with Crippen molar-refractivity contribution in [3.63, 3.8) is 0 Å². The molecule has 1 heterocycles. The number of benzene rings is 1. The normalized spacial score (nSPS) is 19.8. The molecule has 1 aromatic carbocycles. The van der Waals surface area contributed by atoms with Gasteiger partial charge in [0.15, 0.2) is 0 Å². The maximum atomic E-state index is 2.66. The molecule has 20 heavy (non-hydrogen) atoms. The molecular formula is C19H31N. The Morgan fingerprint density at radius 2 is 1.55 bits per heavy atom. The number of rotatable bonds is 4. The van der Waals surface area contributed by atoms with Gasteiger partial charge in [0, 0.05) is 6.04 Å². The van der Waals surface area contributed by atoms with E-state index in [-0.39, 0.29) is 0 Å². The van der Waals surface area contributed by atoms with Crippen LogP contribution in [0.3, 0.4) is 0 Å². The van der Waals surface area contributed by atoms with Gasteiger partial charge in [0.1, 0.15) is 0 Å². The molecule has 2 rings (SSSR count). The van der Waals surface area contributed by atoms with Crippen LogP contribution in [0.5, 0.6) is 0 Å². The molecule has 1 aliphatic heterocycles. The second-order valence-corrected chi connectivity index (χ2v) is 7.12. The van der Waals surface area contributed by atoms with E-state index >= 15 is 0 Å². The molecular weight excluding hydrogens is 242 g/mol. The number of likely N-dealkylation sites (tertiary alicyclic amines) is 1. The predicted octanol–water partition coefficient (Wildman–Crippen LogP) is 5.24. The monoisotopic (exact) mass is 273 g/mol. The molecule has 1 aliphatic rings. The predicted molar refractivity (Wildman–Crippen MR) is 88.1 cm³/mol. The van der Waals surface area contributed by atoms with E-state index in [1.807, 2.05) is 0 Å². The average molecular weight is 273 g/mol. The Hall–Kier alpha value is -0.820. The van der Waals surface area contributed by atoms with Gasteiger partial charge >= 0.3 is 0 Å². The highest BCUT2D eigenvalue weighted by atomic mass is 15.2. The largest absolute Gasteiger partial charge is 0.297 e. The van der Waals surface area contributed by atoms with Gasteiger partial charge in [0.25, 0.3) is 0 Å². The summed E-state index contributed by atoms with van der Waals surface area (Å²) in [7, 11) is 0. The highest BCUT2D eigenvalue weighted by Gasteiger charge is 2.25. The lowest BCUT2D eigenvalue weighted by atomic mass is 9.86. The van der Waals surface area contributed by atoms with E-state index in [9.17, 15) is 0 Å². The molecule has 112 valence electrons. The van der Waals surface area contributed by atoms with Crippen molar-refractivity contribution in [1.82, 2.24) is 4.90 Å². The second kappa shape index (κ2) is 6.76. The Labute approximate surface area is 125 Å². The van der Waals surface area contributed by atoms with E-state index in [0.717, 1.165) is 11.8 Å². The van der Waals surface area contributed by atoms with Crippen molar-refractivity contribution in [3.8, 4) is 0 Å². The van der Waals surface area contributed by atoms with Crippen LogP contribution in [0.15, 0.2) is 24.3 Å². The van der Waals surface area contributed by atoms with Gasteiger partial charge in [-0.2, -0.15) is 0 Å². The van der Waals surface area contributed by atoms with Crippen LogP contribution in [-0.4, -0.2) is 18.0 Å². The third kappa shape index (κ3) is 3.63. The zero-order valence-corrected chi connectivity index (χ0v) is 13.9. The molecule has 0 unspecified atom stereocenters. The van der Waals surface area contributed by atoms with E-state index in [1.165, 1.54) is 37.1 Å². The Morgan fingerprint density at radius 3 is 2.10 bits per heavy atom. The fraction of sp³-hybridized carbons (Fsp3) is 0.684. The van der Waals surface area contributed by atoms with Gasteiger partial charge in [-0.25, -0.2) is 0 Å². The lowest BCUT2D eigenvalue weighted by molar-refractivity contribution is 0.122. The van der Waals surface area contributed by atoms with E-state index in [2.05, 4.69) is 63.8 Å². The number of piperidine rings is 1. The fourth-order valence-corrected chi connectivity index (χ4v) is 3.36. The maximum absolute atomic E-state index is 2.66. The molecule has 0 spiro atoms. The number of nitrogens with zero attached hydrogens (tertiary/aromatic N) is 1. The zero-order valence-electron chi connectivity index (χ0n) is 13.9. The van der Waals surface area contributed by atoms with Gasteiger partial charge in [-0.15, -0.1) is 0 Å². The summed E-state index contributed by atoms with van der Waals surface area (Å²) in [5.41, 5.74) is 2.95. The molecule has 0 N–H and O–H groups in total. The van der Waals surface area contributed by atoms with E-state index in [0.29, 0.717) is 12.0 Å². The van der Waals surface area contributed by atoms with Crippen molar-refractivity contribution in [1.29, 1.82) is 0 Å². The average Bonchev–Trinajstić information content (AvgIpc) is 2.46. The van der Waals surface area contributed by atoms with Crippen molar-refractivity contribution in [3.05, 3.63) is 35.4 Å². The quantitative estimate of drug-likeness (QED) is 0.725. The molecule has 1 atom stereocenters. The molecule has 1 saturated heterocycles. The van der Waals surface area contributed by atoms with Crippen LogP contribution in [0.4, 0.5) is 0 Å². The summed E-state index contributed by atoms with van der Waals surface area (Å²) in [6.45, 7) is 14.2. The first-order valence-corrected chi connectivity index (χ1v) is 8.33. The summed E-state index contributed by atoms with van der Waals surface area (Å²) in [4.78, 5) is 2.66. The molecule has 1 heteroatoms. The topological polar surface area (TPSA) is 3.24 Å². The van der Waals surface area contributed by atoms with Crippen molar-refractivity contribution < 1.29 is 0 Å². The minimum Gasteiger partial charge on any atom is -0.297 e. The van der Waals surface area contributed by atoms with Crippen LogP contribution in [0, 0.1) is 11.8 Å². The molecule has 1 nitrogen and oxygen atoms in total. The molecule has 1 fully saturated rings. The lowest BCUT2D eigenvalue weighted by Gasteiger charge is -2.37. The zero-order chi connectivity index (χ0) is 14.7. The summed E-state index contributed by atoms with van der Waals surface area (Å²) in [6.07, 6.45) is 2.73. The van der Waals surface area contributed by atoms with Gasteiger partial charge in [0.05, 0.1) is 0 Å². The first kappa shape index (κ1) is 15.6. The van der Waals surface area contributed by atoms with Gasteiger partial charge < -0.3 is 0 Å². The fourth-order valence-electron chi connectivity index (χ4n) is 3.36. The highest BCUT2D eigenvalue weighted by molar-refractivity contribution is 5.27. The standard InChI is InChI=1S/C19H31N/c1-14(2)17-9-11-20(12-10-17)16(5)19-8-6-7-18(13-19)15(3)4/h6-8,13-17H,9-12H2,1-5H3/t16-/m1/s1. The lowest BCUT2D eigenvalue weighted by Crippen LogP contribution is -2.37. The summed E-state index contributed by atoms with van der Waals surface area (Å²) in [5, 5.41) is 0. The number of hydrogen-bond acceptors (Lipinski definition) is 1. The molecule has 0 aliphatic carbocycles. The van der Waals surface area contributed by atoms with Crippen molar-refractivity contribution >= 4 is 0 Å². The van der Waals surface area contributed by atoms with Crippen LogP contribution >= 0.6 is 0 Å². The smallest absolute Gasteiger partial charge is 0.0319 e. The van der Waals surface area contributed by atoms with Crippen LogP contribution in [-0.2, 0) is 0 Å². The molecule has 0 amide bonds. The third-order valence-corrected chi connectivity index (χ3v) is 5.12. The van der Waals surface area contributed by atoms with Gasteiger partial charge in [0.2, 0.25) is 0 Å². The van der Waals surface area contributed by atoms with E-state index in [1.54, 1.807) is 0 Å². The summed E-state index contributed by atoms with van der Waals surface area (Å²) < 4.78 is 0. The van der Waals surface area contributed by atoms with Crippen molar-refractivity contribution in [2.75, 3.05) is 13.1 Å². The van der Waals surface area contributed by atoms with Gasteiger partial charge in [-0.3, -0.25) is 4.90 Å². The Balaban J connectivity index is 2.01. The van der Waals surface area contributed by atoms with Crippen molar-refractivity contribution in [2.45, 2.75) is 59.4 Å². The van der Waals surface area contributed by atoms with Crippen molar-refractivity contribution in [2.24, 2.45) is 11.8 Å². The summed E-state index contributed by atoms with van der Waals surface area (Å²) in [6, 6.07) is 9.74. The van der Waals surface area contributed by atoms with Gasteiger partial charge in [-0.1, -0.05) is 52.0 Å².